The third-order valence-corrected chi connectivity index (χ3v) is 4.11. The summed E-state index contributed by atoms with van der Waals surface area (Å²) in [5.74, 6) is -0.869. The number of nitrogens with zero attached hydrogens (tertiary/aromatic N) is 1. The Bertz CT molecular complexity index is 821. The SMILES string of the molecule is O=C(CCNc1c(N2CCCC2)c(=O)c1=O)Nc1ccccc1F. The summed E-state index contributed by atoms with van der Waals surface area (Å²) >= 11 is 0. The number of halogens is 1. The van der Waals surface area contributed by atoms with Crippen LogP contribution in [0.4, 0.5) is 21.5 Å². The zero-order chi connectivity index (χ0) is 17.1. The average molecular weight is 331 g/mol. The molecule has 24 heavy (non-hydrogen) atoms. The zero-order valence-corrected chi connectivity index (χ0v) is 13.1. The van der Waals surface area contributed by atoms with Crippen LogP contribution >= 0.6 is 0 Å². The molecule has 0 aromatic heterocycles. The Hall–Kier alpha value is -2.70. The van der Waals surface area contributed by atoms with Gasteiger partial charge in [0.1, 0.15) is 17.2 Å². The monoisotopic (exact) mass is 331 g/mol. The van der Waals surface area contributed by atoms with Crippen LogP contribution in [0.25, 0.3) is 0 Å². The number of carbonyl (C=O) groups excluding carboxylic acids is 1. The third kappa shape index (κ3) is 3.15. The van der Waals surface area contributed by atoms with Gasteiger partial charge in [0.2, 0.25) is 5.91 Å². The molecule has 0 spiro atoms. The van der Waals surface area contributed by atoms with E-state index in [0.717, 1.165) is 25.9 Å². The zero-order valence-electron chi connectivity index (χ0n) is 13.1. The van der Waals surface area contributed by atoms with Crippen LogP contribution in [0.5, 0.6) is 0 Å². The van der Waals surface area contributed by atoms with E-state index in [-0.39, 0.29) is 24.6 Å². The fourth-order valence-corrected chi connectivity index (χ4v) is 2.86. The largest absolute Gasteiger partial charge is 0.379 e. The summed E-state index contributed by atoms with van der Waals surface area (Å²) in [7, 11) is 0. The van der Waals surface area contributed by atoms with Crippen molar-refractivity contribution in [2.75, 3.05) is 35.2 Å². The molecule has 1 aliphatic heterocycles. The second kappa shape index (κ2) is 6.82. The third-order valence-electron chi connectivity index (χ3n) is 4.11. The lowest BCUT2D eigenvalue weighted by molar-refractivity contribution is -0.116. The van der Waals surface area contributed by atoms with Crippen molar-refractivity contribution in [3.05, 3.63) is 50.5 Å². The van der Waals surface area contributed by atoms with Crippen molar-refractivity contribution in [1.82, 2.24) is 0 Å². The fourth-order valence-electron chi connectivity index (χ4n) is 2.86. The highest BCUT2D eigenvalue weighted by Gasteiger charge is 2.27. The first-order valence-electron chi connectivity index (χ1n) is 7.94. The van der Waals surface area contributed by atoms with Crippen LogP contribution in [0.15, 0.2) is 33.9 Å². The Kier molecular flexibility index (Phi) is 4.59. The second-order valence-corrected chi connectivity index (χ2v) is 5.78. The highest BCUT2D eigenvalue weighted by Crippen LogP contribution is 2.24. The predicted molar refractivity (Wildman–Crippen MR) is 90.9 cm³/mol. The van der Waals surface area contributed by atoms with Crippen LogP contribution < -0.4 is 26.4 Å². The van der Waals surface area contributed by atoms with Gasteiger partial charge in [0.15, 0.2) is 0 Å². The minimum atomic E-state index is -0.536. The van der Waals surface area contributed by atoms with Gasteiger partial charge in [-0.05, 0) is 25.0 Å². The minimum absolute atomic E-state index is 0.0621. The number of nitrogens with one attached hydrogen (secondary N) is 2. The molecule has 7 heteroatoms. The molecule has 0 bridgehead atoms. The highest BCUT2D eigenvalue weighted by molar-refractivity contribution is 5.91. The molecule has 0 atom stereocenters. The lowest BCUT2D eigenvalue weighted by Crippen LogP contribution is -2.42. The van der Waals surface area contributed by atoms with E-state index in [1.165, 1.54) is 18.2 Å². The molecule has 2 aromatic carbocycles. The lowest BCUT2D eigenvalue weighted by Gasteiger charge is -2.22. The maximum Gasteiger partial charge on any atom is 0.253 e. The van der Waals surface area contributed by atoms with Crippen molar-refractivity contribution in [2.45, 2.75) is 19.3 Å². The number of anilines is 3. The molecule has 1 fully saturated rings. The summed E-state index contributed by atoms with van der Waals surface area (Å²) in [4.78, 5) is 37.2. The fraction of sp³-hybridized carbons (Fsp3) is 0.353. The van der Waals surface area contributed by atoms with E-state index in [0.29, 0.717) is 11.4 Å². The Labute approximate surface area is 138 Å². The van der Waals surface area contributed by atoms with Crippen LogP contribution in [-0.2, 0) is 4.79 Å². The van der Waals surface area contributed by atoms with Gasteiger partial charge in [-0.2, -0.15) is 0 Å². The molecular weight excluding hydrogens is 313 g/mol. The van der Waals surface area contributed by atoms with E-state index >= 15 is 0 Å². The molecule has 6 nitrogen and oxygen atoms in total. The quantitative estimate of drug-likeness (QED) is 0.784. The topological polar surface area (TPSA) is 78.5 Å². The van der Waals surface area contributed by atoms with Crippen molar-refractivity contribution in [2.24, 2.45) is 0 Å². The molecule has 3 rings (SSSR count). The molecule has 0 unspecified atom stereocenters. The molecule has 126 valence electrons. The molecular formula is C17H18FN3O3. The van der Waals surface area contributed by atoms with Crippen LogP contribution in [0, 0.1) is 5.82 Å². The smallest absolute Gasteiger partial charge is 0.253 e. The number of amides is 1. The van der Waals surface area contributed by atoms with Crippen LogP contribution in [0.3, 0.4) is 0 Å². The van der Waals surface area contributed by atoms with Gasteiger partial charge in [-0.15, -0.1) is 0 Å². The number of rotatable bonds is 6. The van der Waals surface area contributed by atoms with Gasteiger partial charge in [-0.25, -0.2) is 4.39 Å². The molecule has 0 aliphatic carbocycles. The van der Waals surface area contributed by atoms with Crippen LogP contribution in [-0.4, -0.2) is 25.5 Å². The van der Waals surface area contributed by atoms with E-state index in [2.05, 4.69) is 10.6 Å². The molecule has 2 aromatic rings. The molecule has 1 amide bonds. The number of hydrogen-bond donors (Lipinski definition) is 2. The number of benzene rings is 1. The highest BCUT2D eigenvalue weighted by atomic mass is 19.1. The second-order valence-electron chi connectivity index (χ2n) is 5.78. The summed E-state index contributed by atoms with van der Waals surface area (Å²) < 4.78 is 13.5. The van der Waals surface area contributed by atoms with Gasteiger partial charge in [0.05, 0.1) is 5.69 Å². The number of para-hydroxylation sites is 1. The molecule has 1 heterocycles. The summed E-state index contributed by atoms with van der Waals surface area (Å²) in [5, 5.41) is 5.34. The number of hydrogen-bond acceptors (Lipinski definition) is 5. The van der Waals surface area contributed by atoms with Crippen LogP contribution in [0.2, 0.25) is 0 Å². The minimum Gasteiger partial charge on any atom is -0.379 e. The van der Waals surface area contributed by atoms with Crippen molar-refractivity contribution in [3.8, 4) is 0 Å². The van der Waals surface area contributed by atoms with Crippen molar-refractivity contribution < 1.29 is 9.18 Å². The predicted octanol–water partition coefficient (Wildman–Crippen LogP) is 1.46. The van der Waals surface area contributed by atoms with E-state index in [9.17, 15) is 18.8 Å². The Balaban J connectivity index is 1.55. The van der Waals surface area contributed by atoms with E-state index < -0.39 is 16.7 Å². The molecule has 1 saturated heterocycles. The maximum absolute atomic E-state index is 13.5. The first-order chi connectivity index (χ1) is 11.6. The number of carbonyl (C=O) groups is 1. The normalized spacial score (nSPS) is 14.1. The van der Waals surface area contributed by atoms with E-state index in [1.807, 2.05) is 4.90 Å². The summed E-state index contributed by atoms with van der Waals surface area (Å²) in [6.07, 6.45) is 2.07. The standard InChI is InChI=1S/C17H18FN3O3/c18-11-5-1-2-6-12(11)20-13(22)7-8-19-14-15(17(24)16(14)23)21-9-3-4-10-21/h1-2,5-6,19H,3-4,7-10H2,(H,20,22). The van der Waals surface area contributed by atoms with Gasteiger partial charge in [0, 0.05) is 26.1 Å². The van der Waals surface area contributed by atoms with Gasteiger partial charge in [-0.3, -0.25) is 14.4 Å². The first kappa shape index (κ1) is 16.2. The first-order valence-corrected chi connectivity index (χ1v) is 7.94. The molecule has 0 saturated carbocycles. The Morgan fingerprint density at radius 3 is 2.54 bits per heavy atom. The summed E-state index contributed by atoms with van der Waals surface area (Å²) in [5.41, 5.74) is -0.149. The molecule has 2 N–H and O–H groups in total. The van der Waals surface area contributed by atoms with Gasteiger partial charge in [-0.1, -0.05) is 12.1 Å². The van der Waals surface area contributed by atoms with Crippen LogP contribution in [0.1, 0.15) is 19.3 Å². The maximum atomic E-state index is 13.5. The lowest BCUT2D eigenvalue weighted by atomic mass is 10.1. The van der Waals surface area contributed by atoms with E-state index in [4.69, 9.17) is 0 Å². The van der Waals surface area contributed by atoms with Crippen molar-refractivity contribution in [3.63, 3.8) is 0 Å². The van der Waals surface area contributed by atoms with E-state index in [1.54, 1.807) is 6.07 Å². The Morgan fingerprint density at radius 2 is 1.83 bits per heavy atom. The van der Waals surface area contributed by atoms with Gasteiger partial charge >= 0.3 is 0 Å². The molecule has 0 radical (unpaired) electrons. The molecule has 1 aliphatic rings. The van der Waals surface area contributed by atoms with Gasteiger partial charge < -0.3 is 15.5 Å². The summed E-state index contributed by atoms with van der Waals surface area (Å²) in [6.45, 7) is 1.74. The van der Waals surface area contributed by atoms with Crippen molar-refractivity contribution >= 4 is 23.0 Å². The van der Waals surface area contributed by atoms with Crippen molar-refractivity contribution in [1.29, 1.82) is 0 Å². The van der Waals surface area contributed by atoms with Gasteiger partial charge in [0.25, 0.3) is 10.9 Å². The Morgan fingerprint density at radius 1 is 1.12 bits per heavy atom. The average Bonchev–Trinajstić information content (AvgIpc) is 3.09. The summed E-state index contributed by atoms with van der Waals surface area (Å²) in [6, 6.07) is 5.91.